The van der Waals surface area contributed by atoms with Crippen molar-refractivity contribution >= 4 is 45.1 Å². The topological polar surface area (TPSA) is 78.9 Å². The largest absolute Gasteiger partial charge is 0.490 e. The maximum Gasteiger partial charge on any atom is 0.344 e. The summed E-state index contributed by atoms with van der Waals surface area (Å²) in [6.07, 6.45) is 0. The lowest BCUT2D eigenvalue weighted by molar-refractivity contribution is 0.306. The number of ether oxygens (including phenoxy) is 2. The van der Waals surface area contributed by atoms with Crippen LogP contribution in [0.4, 0.5) is 0 Å². The summed E-state index contributed by atoms with van der Waals surface area (Å²) in [7, 11) is 0. The van der Waals surface area contributed by atoms with Gasteiger partial charge in [-0.1, -0.05) is 41.4 Å². The average molecular weight is 509 g/mol. The molecule has 0 aliphatic heterocycles. The van der Waals surface area contributed by atoms with Gasteiger partial charge >= 0.3 is 11.3 Å². The second-order valence-electron chi connectivity index (χ2n) is 7.73. The zero-order valence-electron chi connectivity index (χ0n) is 18.5. The van der Waals surface area contributed by atoms with Crippen LogP contribution in [-0.2, 0) is 6.61 Å². The summed E-state index contributed by atoms with van der Waals surface area (Å²) < 4.78 is 22.4. The maximum absolute atomic E-state index is 12.9. The van der Waals surface area contributed by atoms with Crippen LogP contribution in [0, 0.1) is 0 Å². The number of fused-ring (bicyclic) bond motifs is 2. The molecule has 5 rings (SSSR count). The first-order valence-electron chi connectivity index (χ1n) is 10.8. The van der Waals surface area contributed by atoms with E-state index in [-0.39, 0.29) is 17.8 Å². The van der Waals surface area contributed by atoms with Crippen molar-refractivity contribution in [1.29, 1.82) is 0 Å². The van der Waals surface area contributed by atoms with Crippen molar-refractivity contribution < 1.29 is 18.3 Å². The highest BCUT2D eigenvalue weighted by atomic mass is 35.5. The molecule has 3 aromatic carbocycles. The van der Waals surface area contributed by atoms with Gasteiger partial charge in [-0.3, -0.25) is 0 Å². The fraction of sp³-hybridized carbons (Fsp3) is 0.111. The molecule has 0 saturated carbocycles. The first kappa shape index (κ1) is 23.0. The molecule has 176 valence electrons. The zero-order chi connectivity index (χ0) is 24.5. The Bertz CT molecular complexity index is 1690. The van der Waals surface area contributed by atoms with E-state index < -0.39 is 11.3 Å². The van der Waals surface area contributed by atoms with Gasteiger partial charge in [-0.15, -0.1) is 0 Å². The minimum absolute atomic E-state index is 0.239. The van der Waals surface area contributed by atoms with Gasteiger partial charge in [-0.2, -0.15) is 0 Å². The third kappa shape index (κ3) is 4.63. The van der Waals surface area contributed by atoms with Crippen LogP contribution in [-0.4, -0.2) is 6.61 Å². The van der Waals surface area contributed by atoms with E-state index in [4.69, 9.17) is 41.5 Å². The lowest BCUT2D eigenvalue weighted by Gasteiger charge is -2.10. The smallest absolute Gasteiger partial charge is 0.344 e. The van der Waals surface area contributed by atoms with Gasteiger partial charge in [-0.25, -0.2) is 9.59 Å². The summed E-state index contributed by atoms with van der Waals surface area (Å²) in [5, 5.41) is 2.14. The Hall–Kier alpha value is -3.74. The van der Waals surface area contributed by atoms with Gasteiger partial charge in [0, 0.05) is 28.5 Å². The molecule has 5 aromatic rings. The molecule has 0 spiro atoms. The van der Waals surface area contributed by atoms with E-state index in [0.29, 0.717) is 50.1 Å². The molecule has 0 unspecified atom stereocenters. The molecule has 2 heterocycles. The first-order chi connectivity index (χ1) is 16.9. The fourth-order valence-corrected chi connectivity index (χ4v) is 4.15. The van der Waals surface area contributed by atoms with Crippen molar-refractivity contribution in [2.45, 2.75) is 13.5 Å². The van der Waals surface area contributed by atoms with Gasteiger partial charge in [0.15, 0.2) is 11.3 Å². The van der Waals surface area contributed by atoms with Crippen LogP contribution in [0.2, 0.25) is 10.0 Å². The van der Waals surface area contributed by atoms with Crippen LogP contribution >= 0.6 is 23.2 Å². The van der Waals surface area contributed by atoms with E-state index in [0.717, 1.165) is 5.56 Å². The molecule has 6 nitrogen and oxygen atoms in total. The Morgan fingerprint density at radius 3 is 2.49 bits per heavy atom. The lowest BCUT2D eigenvalue weighted by Crippen LogP contribution is -2.07. The molecule has 0 amide bonds. The van der Waals surface area contributed by atoms with E-state index in [1.54, 1.807) is 42.5 Å². The number of benzene rings is 3. The highest BCUT2D eigenvalue weighted by molar-refractivity contribution is 6.42. The number of para-hydroxylation sites is 1. The summed E-state index contributed by atoms with van der Waals surface area (Å²) in [5.41, 5.74) is 0.927. The number of rotatable bonds is 6. The monoisotopic (exact) mass is 508 g/mol. The summed E-state index contributed by atoms with van der Waals surface area (Å²) >= 11 is 12.0. The molecule has 35 heavy (non-hydrogen) atoms. The molecular formula is C27H18Cl2O6. The number of halogens is 2. The van der Waals surface area contributed by atoms with Gasteiger partial charge in [0.05, 0.1) is 22.2 Å². The first-order valence-corrected chi connectivity index (χ1v) is 11.5. The van der Waals surface area contributed by atoms with Crippen molar-refractivity contribution in [2.75, 3.05) is 6.61 Å². The predicted octanol–water partition coefficient (Wildman–Crippen LogP) is 6.85. The SMILES string of the molecule is CCOc1cccc2cc(-c3cc(=O)oc4cc(OCc5ccc(Cl)c(Cl)c5)ccc34)c(=O)oc12. The fourth-order valence-electron chi connectivity index (χ4n) is 3.83. The summed E-state index contributed by atoms with van der Waals surface area (Å²) in [5.74, 6) is 0.964. The molecule has 0 atom stereocenters. The normalized spacial score (nSPS) is 11.2. The predicted molar refractivity (Wildman–Crippen MR) is 136 cm³/mol. The van der Waals surface area contributed by atoms with Crippen molar-refractivity contribution in [3.63, 3.8) is 0 Å². The summed E-state index contributed by atoms with van der Waals surface area (Å²) in [4.78, 5) is 25.3. The Balaban J connectivity index is 1.54. The molecule has 0 N–H and O–H groups in total. The molecule has 0 radical (unpaired) electrons. The Kier molecular flexibility index (Phi) is 6.24. The number of hydrogen-bond donors (Lipinski definition) is 0. The van der Waals surface area contributed by atoms with Crippen LogP contribution in [0.5, 0.6) is 11.5 Å². The second-order valence-corrected chi connectivity index (χ2v) is 8.54. The van der Waals surface area contributed by atoms with Crippen LogP contribution in [0.15, 0.2) is 85.2 Å². The highest BCUT2D eigenvalue weighted by Crippen LogP contribution is 2.32. The highest BCUT2D eigenvalue weighted by Gasteiger charge is 2.16. The quantitative estimate of drug-likeness (QED) is 0.233. The van der Waals surface area contributed by atoms with Crippen LogP contribution in [0.25, 0.3) is 33.1 Å². The lowest BCUT2D eigenvalue weighted by atomic mass is 10.0. The van der Waals surface area contributed by atoms with Crippen molar-refractivity contribution in [2.24, 2.45) is 0 Å². The summed E-state index contributed by atoms with van der Waals surface area (Å²) in [6, 6.07) is 18.6. The van der Waals surface area contributed by atoms with Crippen LogP contribution in [0.1, 0.15) is 12.5 Å². The molecule has 0 aliphatic rings. The number of hydrogen-bond acceptors (Lipinski definition) is 6. The van der Waals surface area contributed by atoms with Crippen molar-refractivity contribution in [3.8, 4) is 22.6 Å². The van der Waals surface area contributed by atoms with Crippen molar-refractivity contribution in [3.05, 3.63) is 103 Å². The zero-order valence-corrected chi connectivity index (χ0v) is 20.0. The van der Waals surface area contributed by atoms with Crippen LogP contribution < -0.4 is 20.7 Å². The van der Waals surface area contributed by atoms with Crippen molar-refractivity contribution in [1.82, 2.24) is 0 Å². The van der Waals surface area contributed by atoms with Gasteiger partial charge in [0.2, 0.25) is 0 Å². The maximum atomic E-state index is 12.9. The molecular weight excluding hydrogens is 491 g/mol. The standard InChI is InChI=1S/C27H18Cl2O6/c1-2-32-23-5-3-4-16-11-20(27(31)35-26(16)23)19-13-25(30)34-24-12-17(7-8-18(19)24)33-14-15-6-9-21(28)22(29)10-15/h3-13H,2,14H2,1H3. The Labute approximate surface area is 209 Å². The average Bonchev–Trinajstić information content (AvgIpc) is 2.84. The second kappa shape index (κ2) is 9.49. The third-order valence-electron chi connectivity index (χ3n) is 5.42. The van der Waals surface area contributed by atoms with E-state index in [9.17, 15) is 9.59 Å². The van der Waals surface area contributed by atoms with E-state index in [2.05, 4.69) is 0 Å². The molecule has 0 fully saturated rings. The molecule has 8 heteroatoms. The minimum Gasteiger partial charge on any atom is -0.490 e. The molecule has 0 saturated heterocycles. The molecule has 0 aliphatic carbocycles. The van der Waals surface area contributed by atoms with E-state index in [1.165, 1.54) is 6.07 Å². The third-order valence-corrected chi connectivity index (χ3v) is 6.16. The van der Waals surface area contributed by atoms with Gasteiger partial charge in [0.25, 0.3) is 0 Å². The Morgan fingerprint density at radius 2 is 1.69 bits per heavy atom. The van der Waals surface area contributed by atoms with Gasteiger partial charge in [0.1, 0.15) is 17.9 Å². The minimum atomic E-state index is -0.600. The molecule has 0 bridgehead atoms. The molecule has 2 aromatic heterocycles. The van der Waals surface area contributed by atoms with Gasteiger partial charge < -0.3 is 18.3 Å². The van der Waals surface area contributed by atoms with Crippen LogP contribution in [0.3, 0.4) is 0 Å². The van der Waals surface area contributed by atoms with E-state index >= 15 is 0 Å². The van der Waals surface area contributed by atoms with E-state index in [1.807, 2.05) is 25.1 Å². The van der Waals surface area contributed by atoms with Gasteiger partial charge in [-0.05, 0) is 48.9 Å². The summed E-state index contributed by atoms with van der Waals surface area (Å²) in [6.45, 7) is 2.52. The Morgan fingerprint density at radius 1 is 0.829 bits per heavy atom.